The van der Waals surface area contributed by atoms with E-state index in [0.717, 1.165) is 17.2 Å². The number of anilines is 1. The molecule has 1 aliphatic heterocycles. The number of hydrogen-bond acceptors (Lipinski definition) is 7. The van der Waals surface area contributed by atoms with E-state index in [-0.39, 0.29) is 17.2 Å². The van der Waals surface area contributed by atoms with Crippen molar-refractivity contribution in [2.45, 2.75) is 20.8 Å². The predicted molar refractivity (Wildman–Crippen MR) is 115 cm³/mol. The average molecular weight is 421 g/mol. The molecule has 4 rings (SSSR count). The van der Waals surface area contributed by atoms with Crippen molar-refractivity contribution in [2.75, 3.05) is 31.1 Å². The van der Waals surface area contributed by atoms with E-state index < -0.39 is 4.92 Å². The van der Waals surface area contributed by atoms with Crippen LogP contribution in [0.5, 0.6) is 0 Å². The number of nitrogens with zero attached hydrogens (tertiary/aromatic N) is 7. The van der Waals surface area contributed by atoms with Gasteiger partial charge in [0.05, 0.1) is 10.6 Å². The van der Waals surface area contributed by atoms with Crippen LogP contribution in [-0.4, -0.2) is 61.7 Å². The van der Waals surface area contributed by atoms with Gasteiger partial charge in [-0.3, -0.25) is 14.9 Å². The Bertz CT molecular complexity index is 1150. The molecule has 1 aliphatic rings. The molecule has 0 spiro atoms. The molecular weight excluding hydrogens is 398 g/mol. The van der Waals surface area contributed by atoms with Crippen LogP contribution in [0.4, 0.5) is 11.5 Å². The minimum atomic E-state index is -0.520. The molecule has 0 atom stereocenters. The maximum Gasteiger partial charge on any atom is 0.282 e. The van der Waals surface area contributed by atoms with E-state index in [1.807, 2.05) is 32.9 Å². The van der Waals surface area contributed by atoms with Crippen molar-refractivity contribution < 1.29 is 9.72 Å². The number of hydrogen-bond donors (Lipinski definition) is 0. The standard InChI is InChI=1S/C21H23N7O3/c1-14-12-15(2)27(24-14)20-13-19(22-16(3)23-20)25-8-10-26(11-9-25)21(29)17-6-4-5-7-18(17)28(30)31/h4-7,12-13H,8-11H2,1-3H3. The quantitative estimate of drug-likeness (QED) is 0.470. The van der Waals surface area contributed by atoms with Crippen LogP contribution in [0, 0.1) is 30.9 Å². The molecule has 10 heteroatoms. The Balaban J connectivity index is 1.51. The van der Waals surface area contributed by atoms with E-state index in [0.29, 0.717) is 37.8 Å². The number of carbonyl (C=O) groups is 1. The highest BCUT2D eigenvalue weighted by atomic mass is 16.6. The van der Waals surface area contributed by atoms with E-state index >= 15 is 0 Å². The topological polar surface area (TPSA) is 110 Å². The van der Waals surface area contributed by atoms with Crippen molar-refractivity contribution in [3.63, 3.8) is 0 Å². The first-order chi connectivity index (χ1) is 14.8. The van der Waals surface area contributed by atoms with Gasteiger partial charge in [-0.05, 0) is 32.9 Å². The monoisotopic (exact) mass is 421 g/mol. The number of benzene rings is 1. The zero-order valence-electron chi connectivity index (χ0n) is 17.6. The van der Waals surface area contributed by atoms with Crippen LogP contribution in [0.3, 0.4) is 0 Å². The highest BCUT2D eigenvalue weighted by Gasteiger charge is 2.28. The minimum Gasteiger partial charge on any atom is -0.353 e. The SMILES string of the molecule is Cc1cc(C)n(-c2cc(N3CCN(C(=O)c4ccccc4[N+](=O)[O-])CC3)nc(C)n2)n1. The lowest BCUT2D eigenvalue weighted by Crippen LogP contribution is -2.49. The molecule has 31 heavy (non-hydrogen) atoms. The van der Waals surface area contributed by atoms with Gasteiger partial charge in [-0.25, -0.2) is 14.6 Å². The fourth-order valence-electron chi connectivity index (χ4n) is 3.79. The van der Waals surface area contributed by atoms with Gasteiger partial charge in [0.25, 0.3) is 11.6 Å². The number of para-hydroxylation sites is 1. The van der Waals surface area contributed by atoms with Crippen molar-refractivity contribution in [3.05, 3.63) is 69.3 Å². The molecule has 0 radical (unpaired) electrons. The van der Waals surface area contributed by atoms with Crippen molar-refractivity contribution in [1.29, 1.82) is 0 Å². The lowest BCUT2D eigenvalue weighted by molar-refractivity contribution is -0.385. The average Bonchev–Trinajstić information content (AvgIpc) is 3.11. The summed E-state index contributed by atoms with van der Waals surface area (Å²) < 4.78 is 1.79. The number of carbonyl (C=O) groups excluding carboxylic acids is 1. The van der Waals surface area contributed by atoms with Gasteiger partial charge in [-0.1, -0.05) is 12.1 Å². The maximum atomic E-state index is 12.9. The molecule has 1 fully saturated rings. The molecule has 1 aromatic carbocycles. The molecule has 10 nitrogen and oxygen atoms in total. The lowest BCUT2D eigenvalue weighted by atomic mass is 10.1. The number of aromatic nitrogens is 4. The summed E-state index contributed by atoms with van der Waals surface area (Å²) >= 11 is 0. The summed E-state index contributed by atoms with van der Waals surface area (Å²) in [6, 6.07) is 9.94. The number of nitro groups is 1. The van der Waals surface area contributed by atoms with Crippen molar-refractivity contribution >= 4 is 17.4 Å². The number of aryl methyl sites for hydroxylation is 3. The Hall–Kier alpha value is -3.82. The molecule has 0 unspecified atom stereocenters. The summed E-state index contributed by atoms with van der Waals surface area (Å²) in [6.07, 6.45) is 0. The smallest absolute Gasteiger partial charge is 0.282 e. The van der Waals surface area contributed by atoms with Crippen LogP contribution < -0.4 is 4.90 Å². The second-order valence-corrected chi connectivity index (χ2v) is 7.52. The fourth-order valence-corrected chi connectivity index (χ4v) is 3.79. The van der Waals surface area contributed by atoms with E-state index in [9.17, 15) is 14.9 Å². The van der Waals surface area contributed by atoms with Crippen LogP contribution in [0.25, 0.3) is 5.82 Å². The summed E-state index contributed by atoms with van der Waals surface area (Å²) in [6.45, 7) is 7.79. The summed E-state index contributed by atoms with van der Waals surface area (Å²) in [5.41, 5.74) is 1.85. The van der Waals surface area contributed by atoms with Crippen LogP contribution in [0.15, 0.2) is 36.4 Å². The normalized spacial score (nSPS) is 14.0. The molecule has 0 aliphatic carbocycles. The van der Waals surface area contributed by atoms with E-state index in [4.69, 9.17) is 0 Å². The van der Waals surface area contributed by atoms with Gasteiger partial charge in [0.15, 0.2) is 5.82 Å². The Morgan fingerprint density at radius 2 is 1.68 bits per heavy atom. The molecule has 3 heterocycles. The minimum absolute atomic E-state index is 0.116. The van der Waals surface area contributed by atoms with Crippen LogP contribution in [-0.2, 0) is 0 Å². The molecule has 0 N–H and O–H groups in total. The molecule has 1 saturated heterocycles. The van der Waals surface area contributed by atoms with E-state index in [1.54, 1.807) is 21.7 Å². The van der Waals surface area contributed by atoms with Gasteiger partial charge < -0.3 is 9.80 Å². The van der Waals surface area contributed by atoms with Crippen LogP contribution >= 0.6 is 0 Å². The largest absolute Gasteiger partial charge is 0.353 e. The number of nitro benzene ring substituents is 1. The van der Waals surface area contributed by atoms with Gasteiger partial charge in [0.1, 0.15) is 17.2 Å². The second kappa shape index (κ2) is 8.13. The lowest BCUT2D eigenvalue weighted by Gasteiger charge is -2.35. The second-order valence-electron chi connectivity index (χ2n) is 7.52. The maximum absolute atomic E-state index is 12.9. The third-order valence-electron chi connectivity index (χ3n) is 5.26. The van der Waals surface area contributed by atoms with E-state index in [2.05, 4.69) is 20.0 Å². The Kier molecular flexibility index (Phi) is 5.37. The van der Waals surface area contributed by atoms with E-state index in [1.165, 1.54) is 12.1 Å². The van der Waals surface area contributed by atoms with Gasteiger partial charge in [-0.15, -0.1) is 0 Å². The van der Waals surface area contributed by atoms with Gasteiger partial charge >= 0.3 is 0 Å². The van der Waals surface area contributed by atoms with Gasteiger partial charge in [0, 0.05) is 44.0 Å². The predicted octanol–water partition coefficient (Wildman–Crippen LogP) is 2.46. The van der Waals surface area contributed by atoms with Crippen molar-refractivity contribution in [2.24, 2.45) is 0 Å². The zero-order chi connectivity index (χ0) is 22.1. The Labute approximate surface area is 179 Å². The molecule has 2 aromatic heterocycles. The molecule has 160 valence electrons. The number of piperazine rings is 1. The summed E-state index contributed by atoms with van der Waals surface area (Å²) in [5.74, 6) is 1.78. The third kappa shape index (κ3) is 4.09. The summed E-state index contributed by atoms with van der Waals surface area (Å²) in [7, 11) is 0. The molecule has 3 aromatic rings. The number of rotatable bonds is 4. The zero-order valence-corrected chi connectivity index (χ0v) is 17.6. The number of amides is 1. The first-order valence-corrected chi connectivity index (χ1v) is 10.0. The van der Waals surface area contributed by atoms with Crippen LogP contribution in [0.2, 0.25) is 0 Å². The highest BCUT2D eigenvalue weighted by molar-refractivity contribution is 5.98. The molecule has 0 saturated carbocycles. The Morgan fingerprint density at radius 1 is 1.00 bits per heavy atom. The molecular formula is C21H23N7O3. The molecule has 1 amide bonds. The Morgan fingerprint density at radius 3 is 2.32 bits per heavy atom. The highest BCUT2D eigenvalue weighted by Crippen LogP contribution is 2.22. The van der Waals surface area contributed by atoms with Gasteiger partial charge in [0.2, 0.25) is 0 Å². The summed E-state index contributed by atoms with van der Waals surface area (Å²) in [4.78, 5) is 36.4. The fraction of sp³-hybridized carbons (Fsp3) is 0.333. The van der Waals surface area contributed by atoms with Crippen molar-refractivity contribution in [1.82, 2.24) is 24.6 Å². The first-order valence-electron chi connectivity index (χ1n) is 10.0. The third-order valence-corrected chi connectivity index (χ3v) is 5.26. The summed E-state index contributed by atoms with van der Waals surface area (Å²) in [5, 5.41) is 15.8. The van der Waals surface area contributed by atoms with Gasteiger partial charge in [-0.2, -0.15) is 5.10 Å². The first kappa shape index (κ1) is 20.5. The molecule has 0 bridgehead atoms. The van der Waals surface area contributed by atoms with Crippen LogP contribution in [0.1, 0.15) is 27.6 Å². The van der Waals surface area contributed by atoms with Crippen molar-refractivity contribution in [3.8, 4) is 5.82 Å².